The Morgan fingerprint density at radius 1 is 1.42 bits per heavy atom. The minimum Gasteiger partial charge on any atom is -0.379 e. The van der Waals surface area contributed by atoms with Gasteiger partial charge in [0.05, 0.1) is 18.2 Å². The molecule has 1 aromatic rings. The molecule has 0 saturated carbocycles. The summed E-state index contributed by atoms with van der Waals surface area (Å²) in [6.07, 6.45) is 2.63. The number of rotatable bonds is 3. The van der Waals surface area contributed by atoms with Crippen LogP contribution >= 0.6 is 11.6 Å². The molecule has 102 valence electrons. The van der Waals surface area contributed by atoms with Crippen LogP contribution in [0.2, 0.25) is 5.02 Å². The molecule has 1 aromatic carbocycles. The van der Waals surface area contributed by atoms with Crippen molar-refractivity contribution in [3.05, 3.63) is 40.7 Å². The highest BCUT2D eigenvalue weighted by molar-refractivity contribution is 6.32. The van der Waals surface area contributed by atoms with E-state index in [2.05, 4.69) is 5.43 Å². The van der Waals surface area contributed by atoms with Gasteiger partial charge in [0.25, 0.3) is 5.91 Å². The van der Waals surface area contributed by atoms with Gasteiger partial charge in [0, 0.05) is 24.7 Å². The molecule has 0 aromatic heterocycles. The summed E-state index contributed by atoms with van der Waals surface area (Å²) in [5.41, 5.74) is 2.90. The maximum atomic E-state index is 13.5. The van der Waals surface area contributed by atoms with E-state index in [-0.39, 0.29) is 16.5 Å². The van der Waals surface area contributed by atoms with E-state index in [4.69, 9.17) is 16.3 Å². The average molecular weight is 285 g/mol. The fourth-order valence-corrected chi connectivity index (χ4v) is 1.92. The first-order valence-electron chi connectivity index (χ1n) is 5.92. The summed E-state index contributed by atoms with van der Waals surface area (Å²) >= 11 is 5.85. The van der Waals surface area contributed by atoms with E-state index < -0.39 is 5.82 Å². The molecular formula is C13H14ClFN2O2. The van der Waals surface area contributed by atoms with Gasteiger partial charge in [-0.15, -0.1) is 0 Å². The maximum absolute atomic E-state index is 13.5. The number of carbonyl (C=O) groups excluding carboxylic acids is 1. The van der Waals surface area contributed by atoms with E-state index in [1.54, 1.807) is 11.1 Å². The number of nitrogens with zero attached hydrogens (tertiary/aromatic N) is 1. The lowest BCUT2D eigenvalue weighted by atomic mass is 10.2. The summed E-state index contributed by atoms with van der Waals surface area (Å²) in [4.78, 5) is 11.7. The van der Waals surface area contributed by atoms with Gasteiger partial charge in [0.15, 0.2) is 0 Å². The molecule has 2 rings (SSSR count). The molecule has 1 saturated heterocycles. The van der Waals surface area contributed by atoms with Crippen molar-refractivity contribution >= 4 is 23.6 Å². The second-order valence-corrected chi connectivity index (χ2v) is 4.45. The molecule has 0 bridgehead atoms. The molecular weight excluding hydrogens is 271 g/mol. The zero-order chi connectivity index (χ0) is 13.7. The van der Waals surface area contributed by atoms with Gasteiger partial charge in [-0.2, -0.15) is 0 Å². The van der Waals surface area contributed by atoms with Crippen molar-refractivity contribution in [3.63, 3.8) is 0 Å². The zero-order valence-corrected chi connectivity index (χ0v) is 11.0. The Morgan fingerprint density at radius 2 is 2.16 bits per heavy atom. The number of halogens is 2. The molecule has 0 unspecified atom stereocenters. The van der Waals surface area contributed by atoms with Crippen molar-refractivity contribution in [2.75, 3.05) is 26.3 Å². The van der Waals surface area contributed by atoms with Crippen molar-refractivity contribution in [1.82, 2.24) is 10.4 Å². The molecule has 0 radical (unpaired) electrons. The molecule has 0 atom stereocenters. The van der Waals surface area contributed by atoms with Gasteiger partial charge in [0.1, 0.15) is 5.82 Å². The van der Waals surface area contributed by atoms with Crippen LogP contribution in [0.25, 0.3) is 6.08 Å². The highest BCUT2D eigenvalue weighted by atomic mass is 35.5. The maximum Gasteiger partial charge on any atom is 0.258 e. The van der Waals surface area contributed by atoms with E-state index >= 15 is 0 Å². The molecule has 6 heteroatoms. The molecule has 1 aliphatic rings. The van der Waals surface area contributed by atoms with Crippen LogP contribution in [0.1, 0.15) is 5.56 Å². The van der Waals surface area contributed by atoms with Crippen LogP contribution in [0.15, 0.2) is 24.3 Å². The molecule has 1 fully saturated rings. The van der Waals surface area contributed by atoms with Crippen LogP contribution in [0.3, 0.4) is 0 Å². The number of ether oxygens (including phenoxy) is 1. The molecule has 0 aliphatic carbocycles. The fourth-order valence-electron chi connectivity index (χ4n) is 1.70. The summed E-state index contributed by atoms with van der Waals surface area (Å²) in [6, 6.07) is 4.39. The third-order valence-corrected chi connectivity index (χ3v) is 3.01. The quantitative estimate of drug-likeness (QED) is 0.862. The largest absolute Gasteiger partial charge is 0.379 e. The summed E-state index contributed by atoms with van der Waals surface area (Å²) in [6.45, 7) is 2.45. The Labute approximate surface area is 115 Å². The van der Waals surface area contributed by atoms with Crippen LogP contribution in [-0.2, 0) is 9.53 Å². The third-order valence-electron chi connectivity index (χ3n) is 2.68. The van der Waals surface area contributed by atoms with Crippen LogP contribution in [0, 0.1) is 5.82 Å². The Balaban J connectivity index is 1.96. The summed E-state index contributed by atoms with van der Waals surface area (Å²) < 4.78 is 18.6. The number of hydrogen-bond acceptors (Lipinski definition) is 3. The van der Waals surface area contributed by atoms with Crippen LogP contribution < -0.4 is 5.43 Å². The lowest BCUT2D eigenvalue weighted by molar-refractivity contribution is -0.123. The number of hydrazine groups is 1. The first kappa shape index (κ1) is 14.0. The highest BCUT2D eigenvalue weighted by Gasteiger charge is 2.11. The van der Waals surface area contributed by atoms with E-state index in [1.165, 1.54) is 24.3 Å². The number of benzene rings is 1. The van der Waals surface area contributed by atoms with Gasteiger partial charge < -0.3 is 4.74 Å². The fraction of sp³-hybridized carbons (Fsp3) is 0.308. The SMILES string of the molecule is O=C(/C=C/c1c(F)cccc1Cl)NN1CCOCC1. The molecule has 1 aliphatic heterocycles. The van der Waals surface area contributed by atoms with Crippen molar-refractivity contribution in [2.45, 2.75) is 0 Å². The second-order valence-electron chi connectivity index (χ2n) is 4.04. The molecule has 19 heavy (non-hydrogen) atoms. The number of amides is 1. The number of nitrogens with one attached hydrogen (secondary N) is 1. The number of carbonyl (C=O) groups is 1. The van der Waals surface area contributed by atoms with Gasteiger partial charge in [-0.3, -0.25) is 10.2 Å². The number of hydrogen-bond donors (Lipinski definition) is 1. The smallest absolute Gasteiger partial charge is 0.258 e. The van der Waals surface area contributed by atoms with Crippen molar-refractivity contribution in [1.29, 1.82) is 0 Å². The van der Waals surface area contributed by atoms with E-state index in [9.17, 15) is 9.18 Å². The highest BCUT2D eigenvalue weighted by Crippen LogP contribution is 2.20. The van der Waals surface area contributed by atoms with Crippen LogP contribution in [0.5, 0.6) is 0 Å². The van der Waals surface area contributed by atoms with Crippen molar-refractivity contribution in [2.24, 2.45) is 0 Å². The van der Waals surface area contributed by atoms with E-state index in [0.29, 0.717) is 26.3 Å². The van der Waals surface area contributed by atoms with Crippen LogP contribution in [-0.4, -0.2) is 37.2 Å². The Bertz CT molecular complexity index is 467. The van der Waals surface area contributed by atoms with E-state index in [0.717, 1.165) is 0 Å². The average Bonchev–Trinajstić information content (AvgIpc) is 2.39. The van der Waals surface area contributed by atoms with Gasteiger partial charge in [-0.1, -0.05) is 17.7 Å². The van der Waals surface area contributed by atoms with E-state index in [1.807, 2.05) is 0 Å². The van der Waals surface area contributed by atoms with Crippen molar-refractivity contribution in [3.8, 4) is 0 Å². The monoisotopic (exact) mass is 284 g/mol. The summed E-state index contributed by atoms with van der Waals surface area (Å²) in [7, 11) is 0. The predicted molar refractivity (Wildman–Crippen MR) is 71.0 cm³/mol. The molecule has 1 heterocycles. The minimum atomic E-state index is -0.456. The topological polar surface area (TPSA) is 41.6 Å². The molecule has 1 N–H and O–H groups in total. The Morgan fingerprint density at radius 3 is 2.84 bits per heavy atom. The lowest BCUT2D eigenvalue weighted by Gasteiger charge is -2.26. The van der Waals surface area contributed by atoms with Gasteiger partial charge in [-0.25, -0.2) is 9.40 Å². The van der Waals surface area contributed by atoms with Crippen molar-refractivity contribution < 1.29 is 13.9 Å². The molecule has 4 nitrogen and oxygen atoms in total. The second kappa shape index (κ2) is 6.65. The first-order chi connectivity index (χ1) is 9.16. The third kappa shape index (κ3) is 4.02. The molecule has 1 amide bonds. The standard InChI is InChI=1S/C13H14ClFN2O2/c14-11-2-1-3-12(15)10(11)4-5-13(18)16-17-6-8-19-9-7-17/h1-5H,6-9H2,(H,16,18)/b5-4+. The summed E-state index contributed by atoms with van der Waals surface area (Å²) in [5, 5.41) is 2.04. The predicted octanol–water partition coefficient (Wildman–Crippen LogP) is 1.86. The van der Waals surface area contributed by atoms with Gasteiger partial charge in [-0.05, 0) is 18.2 Å². The lowest BCUT2D eigenvalue weighted by Crippen LogP contribution is -2.47. The normalized spacial score (nSPS) is 16.7. The Hall–Kier alpha value is -1.43. The molecule has 0 spiro atoms. The number of morpholine rings is 1. The Kier molecular flexibility index (Phi) is 4.90. The van der Waals surface area contributed by atoms with Gasteiger partial charge >= 0.3 is 0 Å². The van der Waals surface area contributed by atoms with Gasteiger partial charge in [0.2, 0.25) is 0 Å². The van der Waals surface area contributed by atoms with Crippen LogP contribution in [0.4, 0.5) is 4.39 Å². The first-order valence-corrected chi connectivity index (χ1v) is 6.30. The summed E-state index contributed by atoms with van der Waals surface area (Å²) in [5.74, 6) is -0.774. The zero-order valence-electron chi connectivity index (χ0n) is 10.2. The minimum absolute atomic E-state index is 0.210.